The highest BCUT2D eigenvalue weighted by atomic mass is 16.5. The molecule has 0 unspecified atom stereocenters. The Labute approximate surface area is 95.1 Å². The van der Waals surface area contributed by atoms with Gasteiger partial charge in [-0.1, -0.05) is 0 Å². The van der Waals surface area contributed by atoms with Gasteiger partial charge in [0.15, 0.2) is 0 Å². The van der Waals surface area contributed by atoms with Crippen molar-refractivity contribution in [1.82, 2.24) is 10.2 Å². The fourth-order valence-corrected chi connectivity index (χ4v) is 1.70. The minimum atomic E-state index is -0.305. The van der Waals surface area contributed by atoms with E-state index in [4.69, 9.17) is 10.5 Å². The molecule has 0 bridgehead atoms. The van der Waals surface area contributed by atoms with Crippen LogP contribution in [0, 0.1) is 0 Å². The lowest BCUT2D eigenvalue weighted by Gasteiger charge is -2.31. The lowest BCUT2D eigenvalue weighted by molar-refractivity contribution is -0.134. The van der Waals surface area contributed by atoms with E-state index in [1.165, 1.54) is 0 Å². The molecule has 1 aliphatic rings. The van der Waals surface area contributed by atoms with Crippen molar-refractivity contribution in [3.8, 4) is 0 Å². The highest BCUT2D eigenvalue weighted by Crippen LogP contribution is 2.12. The van der Waals surface area contributed by atoms with E-state index in [2.05, 4.69) is 5.32 Å². The molecule has 1 fully saturated rings. The van der Waals surface area contributed by atoms with Gasteiger partial charge in [-0.05, 0) is 12.8 Å². The molecule has 1 heterocycles. The Balaban J connectivity index is 2.25. The number of amides is 2. The molecule has 0 aliphatic carbocycles. The summed E-state index contributed by atoms with van der Waals surface area (Å²) < 4.78 is 5.21. The molecule has 0 radical (unpaired) electrons. The number of piperidine rings is 1. The highest BCUT2D eigenvalue weighted by molar-refractivity contribution is 5.85. The van der Waals surface area contributed by atoms with E-state index in [9.17, 15) is 9.59 Å². The van der Waals surface area contributed by atoms with Crippen LogP contribution >= 0.6 is 0 Å². The van der Waals surface area contributed by atoms with E-state index in [1.807, 2.05) is 0 Å². The van der Waals surface area contributed by atoms with Gasteiger partial charge in [0.1, 0.15) is 0 Å². The summed E-state index contributed by atoms with van der Waals surface area (Å²) in [5, 5.41) is 2.47. The average molecular weight is 229 g/mol. The predicted molar refractivity (Wildman–Crippen MR) is 58.7 cm³/mol. The molecular formula is C10H19N3O3. The predicted octanol–water partition coefficient (Wildman–Crippen LogP) is -1.30. The second kappa shape index (κ2) is 6.44. The lowest BCUT2D eigenvalue weighted by atomic mass is 10.1. The van der Waals surface area contributed by atoms with Crippen LogP contribution in [0.25, 0.3) is 0 Å². The maximum Gasteiger partial charge on any atom is 0.241 e. The molecule has 1 saturated heterocycles. The molecule has 1 rings (SSSR count). The molecule has 16 heavy (non-hydrogen) atoms. The van der Waals surface area contributed by atoms with Crippen molar-refractivity contribution in [2.24, 2.45) is 5.73 Å². The van der Waals surface area contributed by atoms with Gasteiger partial charge < -0.3 is 20.7 Å². The third-order valence-electron chi connectivity index (χ3n) is 2.75. The first-order chi connectivity index (χ1) is 7.67. The van der Waals surface area contributed by atoms with Crippen LogP contribution in [0.1, 0.15) is 12.8 Å². The second-order valence-electron chi connectivity index (χ2n) is 3.80. The zero-order valence-corrected chi connectivity index (χ0v) is 9.57. The normalized spacial score (nSPS) is 17.2. The maximum atomic E-state index is 11.6. The first-order valence-electron chi connectivity index (χ1n) is 5.44. The van der Waals surface area contributed by atoms with Crippen molar-refractivity contribution in [1.29, 1.82) is 0 Å². The Morgan fingerprint density at radius 2 is 2.06 bits per heavy atom. The monoisotopic (exact) mass is 229 g/mol. The van der Waals surface area contributed by atoms with Crippen molar-refractivity contribution in [2.45, 2.75) is 18.9 Å². The minimum Gasteiger partial charge on any atom is -0.381 e. The summed E-state index contributed by atoms with van der Waals surface area (Å²) in [4.78, 5) is 24.3. The zero-order valence-electron chi connectivity index (χ0n) is 9.57. The molecule has 6 heteroatoms. The van der Waals surface area contributed by atoms with Crippen LogP contribution < -0.4 is 11.1 Å². The van der Waals surface area contributed by atoms with E-state index >= 15 is 0 Å². The van der Waals surface area contributed by atoms with Gasteiger partial charge in [0.2, 0.25) is 11.8 Å². The third-order valence-corrected chi connectivity index (χ3v) is 2.75. The number of carbonyl (C=O) groups excluding carboxylic acids is 2. The summed E-state index contributed by atoms with van der Waals surface area (Å²) in [6.07, 6.45) is 1.96. The Kier molecular flexibility index (Phi) is 5.21. The smallest absolute Gasteiger partial charge is 0.241 e. The second-order valence-corrected chi connectivity index (χ2v) is 3.80. The van der Waals surface area contributed by atoms with Crippen molar-refractivity contribution in [3.63, 3.8) is 0 Å². The van der Waals surface area contributed by atoms with Crippen molar-refractivity contribution < 1.29 is 14.3 Å². The van der Waals surface area contributed by atoms with Crippen LogP contribution in [-0.4, -0.2) is 56.1 Å². The van der Waals surface area contributed by atoms with Crippen molar-refractivity contribution in [2.75, 3.05) is 33.3 Å². The largest absolute Gasteiger partial charge is 0.381 e. The summed E-state index contributed by atoms with van der Waals surface area (Å²) in [6, 6.07) is 0. The lowest BCUT2D eigenvalue weighted by Crippen LogP contribution is -2.46. The molecule has 0 spiro atoms. The van der Waals surface area contributed by atoms with E-state index in [1.54, 1.807) is 12.0 Å². The summed E-state index contributed by atoms with van der Waals surface area (Å²) in [5.41, 5.74) is 5.12. The van der Waals surface area contributed by atoms with E-state index in [-0.39, 0.29) is 31.0 Å². The van der Waals surface area contributed by atoms with Gasteiger partial charge in [0.05, 0.1) is 19.2 Å². The topological polar surface area (TPSA) is 84.7 Å². The van der Waals surface area contributed by atoms with Crippen LogP contribution in [0.5, 0.6) is 0 Å². The molecular weight excluding hydrogens is 210 g/mol. The SMILES string of the molecule is COC1CCN(C(=O)CNC(=O)CN)CC1. The Bertz CT molecular complexity index is 250. The summed E-state index contributed by atoms with van der Waals surface area (Å²) in [7, 11) is 1.68. The van der Waals surface area contributed by atoms with Gasteiger partial charge in [-0.2, -0.15) is 0 Å². The number of hydrogen-bond donors (Lipinski definition) is 2. The van der Waals surface area contributed by atoms with E-state index < -0.39 is 0 Å². The number of nitrogens with two attached hydrogens (primary N) is 1. The number of nitrogens with zero attached hydrogens (tertiary/aromatic N) is 1. The molecule has 2 amide bonds. The molecule has 92 valence electrons. The number of rotatable bonds is 4. The highest BCUT2D eigenvalue weighted by Gasteiger charge is 2.22. The quantitative estimate of drug-likeness (QED) is 0.627. The fourth-order valence-electron chi connectivity index (χ4n) is 1.70. The molecule has 6 nitrogen and oxygen atoms in total. The standard InChI is InChI=1S/C10H19N3O3/c1-16-8-2-4-13(5-3-8)10(15)7-12-9(14)6-11/h8H,2-7,11H2,1H3,(H,12,14). The van der Waals surface area contributed by atoms with Gasteiger partial charge >= 0.3 is 0 Å². The number of likely N-dealkylation sites (tertiary alicyclic amines) is 1. The van der Waals surface area contributed by atoms with Gasteiger partial charge in [-0.25, -0.2) is 0 Å². The molecule has 0 saturated carbocycles. The number of nitrogens with one attached hydrogen (secondary N) is 1. The van der Waals surface area contributed by atoms with Crippen LogP contribution in [0.15, 0.2) is 0 Å². The number of carbonyl (C=O) groups is 2. The summed E-state index contributed by atoms with van der Waals surface area (Å²) in [6.45, 7) is 1.33. The van der Waals surface area contributed by atoms with E-state index in [0.29, 0.717) is 13.1 Å². The van der Waals surface area contributed by atoms with Crippen LogP contribution in [0.2, 0.25) is 0 Å². The Hall–Kier alpha value is -1.14. The Morgan fingerprint density at radius 1 is 1.44 bits per heavy atom. The zero-order chi connectivity index (χ0) is 12.0. The molecule has 0 atom stereocenters. The first-order valence-corrected chi connectivity index (χ1v) is 5.44. The molecule has 0 aromatic rings. The summed E-state index contributed by atoms with van der Waals surface area (Å²) in [5.74, 6) is -0.364. The molecule has 1 aliphatic heterocycles. The van der Waals surface area contributed by atoms with Crippen LogP contribution in [-0.2, 0) is 14.3 Å². The Morgan fingerprint density at radius 3 is 2.56 bits per heavy atom. The number of hydrogen-bond acceptors (Lipinski definition) is 4. The van der Waals surface area contributed by atoms with E-state index in [0.717, 1.165) is 12.8 Å². The molecule has 3 N–H and O–H groups in total. The maximum absolute atomic E-state index is 11.6. The third kappa shape index (κ3) is 3.79. The van der Waals surface area contributed by atoms with Crippen molar-refractivity contribution >= 4 is 11.8 Å². The fraction of sp³-hybridized carbons (Fsp3) is 0.800. The van der Waals surface area contributed by atoms with Crippen LogP contribution in [0.4, 0.5) is 0 Å². The molecule has 0 aromatic heterocycles. The average Bonchev–Trinajstić information content (AvgIpc) is 2.35. The minimum absolute atomic E-state index is 0.0354. The summed E-state index contributed by atoms with van der Waals surface area (Å²) >= 11 is 0. The van der Waals surface area contributed by atoms with Gasteiger partial charge in [0.25, 0.3) is 0 Å². The van der Waals surface area contributed by atoms with Gasteiger partial charge in [-0.3, -0.25) is 9.59 Å². The molecule has 0 aromatic carbocycles. The van der Waals surface area contributed by atoms with Gasteiger partial charge in [-0.15, -0.1) is 0 Å². The van der Waals surface area contributed by atoms with Crippen molar-refractivity contribution in [3.05, 3.63) is 0 Å². The number of methoxy groups -OCH3 is 1. The number of ether oxygens (including phenoxy) is 1. The van der Waals surface area contributed by atoms with Gasteiger partial charge in [0, 0.05) is 20.2 Å². The first kappa shape index (κ1) is 12.9. The van der Waals surface area contributed by atoms with Crippen LogP contribution in [0.3, 0.4) is 0 Å².